The summed E-state index contributed by atoms with van der Waals surface area (Å²) >= 11 is 0. The number of para-hydroxylation sites is 1. The zero-order valence-electron chi connectivity index (χ0n) is 16.4. The largest absolute Gasteiger partial charge is 0.493 e. The standard InChI is InChI=1S/C20H30N4O2/c1-14(2)10-11-25-18-9-7-6-8-17(18)12-22-20(21-5)23-13-19-24-15(3)16(4)26-19/h6-9,14H,10-13H2,1-5H3,(H2,21,22,23). The fourth-order valence-electron chi connectivity index (χ4n) is 2.37. The molecule has 0 bridgehead atoms. The van der Waals surface area contributed by atoms with Crippen molar-refractivity contribution in [2.75, 3.05) is 13.7 Å². The van der Waals surface area contributed by atoms with Gasteiger partial charge in [0.1, 0.15) is 11.5 Å². The summed E-state index contributed by atoms with van der Waals surface area (Å²) in [7, 11) is 1.74. The number of nitrogens with one attached hydrogen (secondary N) is 2. The Morgan fingerprint density at radius 1 is 1.19 bits per heavy atom. The van der Waals surface area contributed by atoms with Gasteiger partial charge in [-0.25, -0.2) is 4.98 Å². The molecule has 1 aromatic carbocycles. The third-order valence-corrected chi connectivity index (χ3v) is 4.08. The predicted octanol–water partition coefficient (Wildman–Crippen LogP) is 3.58. The van der Waals surface area contributed by atoms with Crippen molar-refractivity contribution in [2.45, 2.75) is 47.2 Å². The number of hydrogen-bond acceptors (Lipinski definition) is 4. The van der Waals surface area contributed by atoms with E-state index in [1.54, 1.807) is 7.05 Å². The Bertz CT molecular complexity index is 703. The molecule has 0 aliphatic heterocycles. The molecule has 142 valence electrons. The maximum absolute atomic E-state index is 5.93. The lowest BCUT2D eigenvalue weighted by molar-refractivity contribution is 0.286. The number of guanidine groups is 1. The summed E-state index contributed by atoms with van der Waals surface area (Å²) in [5.41, 5.74) is 2.01. The quantitative estimate of drug-likeness (QED) is 0.557. The Morgan fingerprint density at radius 2 is 1.92 bits per heavy atom. The molecule has 0 radical (unpaired) electrons. The zero-order chi connectivity index (χ0) is 18.9. The molecule has 2 aromatic rings. The summed E-state index contributed by atoms with van der Waals surface area (Å²) in [6, 6.07) is 8.08. The number of benzene rings is 1. The number of ether oxygens (including phenoxy) is 1. The first kappa shape index (κ1) is 19.8. The van der Waals surface area contributed by atoms with E-state index in [2.05, 4.69) is 40.5 Å². The van der Waals surface area contributed by atoms with Gasteiger partial charge in [-0.15, -0.1) is 0 Å². The van der Waals surface area contributed by atoms with Crippen molar-refractivity contribution < 1.29 is 9.15 Å². The van der Waals surface area contributed by atoms with Crippen LogP contribution in [0, 0.1) is 19.8 Å². The van der Waals surface area contributed by atoms with Crippen LogP contribution in [0.3, 0.4) is 0 Å². The minimum absolute atomic E-state index is 0.487. The molecule has 0 amide bonds. The van der Waals surface area contributed by atoms with Gasteiger partial charge in [0.25, 0.3) is 0 Å². The molecule has 6 nitrogen and oxygen atoms in total. The number of nitrogens with zero attached hydrogens (tertiary/aromatic N) is 2. The molecule has 0 saturated heterocycles. The predicted molar refractivity (Wildman–Crippen MR) is 104 cm³/mol. The van der Waals surface area contributed by atoms with Crippen LogP contribution in [-0.4, -0.2) is 24.6 Å². The summed E-state index contributed by atoms with van der Waals surface area (Å²) in [5.74, 6) is 3.73. The molecule has 0 fully saturated rings. The van der Waals surface area contributed by atoms with E-state index in [-0.39, 0.29) is 0 Å². The Morgan fingerprint density at radius 3 is 2.58 bits per heavy atom. The molecular weight excluding hydrogens is 328 g/mol. The maximum Gasteiger partial charge on any atom is 0.214 e. The first-order valence-corrected chi connectivity index (χ1v) is 9.07. The van der Waals surface area contributed by atoms with E-state index in [9.17, 15) is 0 Å². The maximum atomic E-state index is 5.93. The minimum Gasteiger partial charge on any atom is -0.493 e. The topological polar surface area (TPSA) is 71.7 Å². The fraction of sp³-hybridized carbons (Fsp3) is 0.500. The van der Waals surface area contributed by atoms with Crippen LogP contribution in [-0.2, 0) is 13.1 Å². The molecule has 0 spiro atoms. The molecule has 1 aromatic heterocycles. The monoisotopic (exact) mass is 358 g/mol. The summed E-state index contributed by atoms with van der Waals surface area (Å²) < 4.78 is 11.5. The molecule has 0 unspecified atom stereocenters. The van der Waals surface area contributed by atoms with E-state index in [0.717, 1.165) is 35.8 Å². The van der Waals surface area contributed by atoms with Crippen molar-refractivity contribution >= 4 is 5.96 Å². The van der Waals surface area contributed by atoms with Gasteiger partial charge in [0.05, 0.1) is 18.8 Å². The number of rotatable bonds is 8. The third kappa shape index (κ3) is 6.10. The second kappa shape index (κ2) is 9.85. The van der Waals surface area contributed by atoms with E-state index in [1.807, 2.05) is 32.0 Å². The summed E-state index contributed by atoms with van der Waals surface area (Å²) in [6.45, 7) is 10.1. The molecule has 2 N–H and O–H groups in total. The molecule has 0 atom stereocenters. The Labute approximate surface area is 156 Å². The third-order valence-electron chi connectivity index (χ3n) is 4.08. The van der Waals surface area contributed by atoms with Crippen LogP contribution in [0.15, 0.2) is 33.7 Å². The van der Waals surface area contributed by atoms with Crippen molar-refractivity contribution in [1.29, 1.82) is 0 Å². The van der Waals surface area contributed by atoms with Gasteiger partial charge < -0.3 is 19.8 Å². The van der Waals surface area contributed by atoms with Crippen LogP contribution in [0.1, 0.15) is 43.2 Å². The highest BCUT2D eigenvalue weighted by atomic mass is 16.5. The van der Waals surface area contributed by atoms with Gasteiger partial charge >= 0.3 is 0 Å². The van der Waals surface area contributed by atoms with E-state index in [4.69, 9.17) is 9.15 Å². The fourth-order valence-corrected chi connectivity index (χ4v) is 2.37. The Kier molecular flexibility index (Phi) is 7.51. The van der Waals surface area contributed by atoms with E-state index in [1.165, 1.54) is 0 Å². The first-order chi connectivity index (χ1) is 12.5. The smallest absolute Gasteiger partial charge is 0.214 e. The molecule has 26 heavy (non-hydrogen) atoms. The highest BCUT2D eigenvalue weighted by molar-refractivity contribution is 5.79. The average molecular weight is 358 g/mol. The van der Waals surface area contributed by atoms with Crippen molar-refractivity contribution in [3.63, 3.8) is 0 Å². The van der Waals surface area contributed by atoms with E-state index >= 15 is 0 Å². The van der Waals surface area contributed by atoms with Gasteiger partial charge in [-0.3, -0.25) is 4.99 Å². The van der Waals surface area contributed by atoms with Crippen molar-refractivity contribution in [3.05, 3.63) is 47.2 Å². The van der Waals surface area contributed by atoms with Gasteiger partial charge in [0.2, 0.25) is 5.89 Å². The summed E-state index contributed by atoms with van der Waals surface area (Å²) in [5, 5.41) is 6.52. The molecule has 2 rings (SSSR count). The van der Waals surface area contributed by atoms with Gasteiger partial charge in [-0.2, -0.15) is 0 Å². The highest BCUT2D eigenvalue weighted by Crippen LogP contribution is 2.18. The zero-order valence-corrected chi connectivity index (χ0v) is 16.4. The number of hydrogen-bond donors (Lipinski definition) is 2. The van der Waals surface area contributed by atoms with Crippen LogP contribution in [0.4, 0.5) is 0 Å². The summed E-state index contributed by atoms with van der Waals surface area (Å²) in [4.78, 5) is 8.61. The normalized spacial score (nSPS) is 11.7. The van der Waals surface area contributed by atoms with Crippen LogP contribution >= 0.6 is 0 Å². The average Bonchev–Trinajstić information content (AvgIpc) is 2.94. The van der Waals surface area contributed by atoms with Crippen LogP contribution < -0.4 is 15.4 Å². The molecular formula is C20H30N4O2. The van der Waals surface area contributed by atoms with Crippen molar-refractivity contribution in [1.82, 2.24) is 15.6 Å². The van der Waals surface area contributed by atoms with E-state index < -0.39 is 0 Å². The van der Waals surface area contributed by atoms with Gasteiger partial charge in [0, 0.05) is 19.2 Å². The van der Waals surface area contributed by atoms with Crippen molar-refractivity contribution in [2.24, 2.45) is 10.9 Å². The number of aliphatic imine (C=N–C) groups is 1. The number of aryl methyl sites for hydroxylation is 2. The Balaban J connectivity index is 1.87. The van der Waals surface area contributed by atoms with Gasteiger partial charge in [0.15, 0.2) is 5.96 Å². The molecule has 1 heterocycles. The second-order valence-corrected chi connectivity index (χ2v) is 6.67. The first-order valence-electron chi connectivity index (χ1n) is 9.07. The van der Waals surface area contributed by atoms with Gasteiger partial charge in [-0.05, 0) is 32.3 Å². The molecule has 0 aliphatic rings. The lowest BCUT2D eigenvalue weighted by atomic mass is 10.1. The molecule has 6 heteroatoms. The van der Waals surface area contributed by atoms with Crippen LogP contribution in [0.25, 0.3) is 0 Å². The van der Waals surface area contributed by atoms with Crippen LogP contribution in [0.5, 0.6) is 5.75 Å². The van der Waals surface area contributed by atoms with Gasteiger partial charge in [-0.1, -0.05) is 32.0 Å². The lowest BCUT2D eigenvalue weighted by Crippen LogP contribution is -2.36. The SMILES string of the molecule is CN=C(NCc1nc(C)c(C)o1)NCc1ccccc1OCCC(C)C. The summed E-state index contributed by atoms with van der Waals surface area (Å²) in [6.07, 6.45) is 1.04. The highest BCUT2D eigenvalue weighted by Gasteiger charge is 2.08. The number of oxazole rings is 1. The number of aromatic nitrogens is 1. The second-order valence-electron chi connectivity index (χ2n) is 6.67. The lowest BCUT2D eigenvalue weighted by Gasteiger charge is -2.15. The van der Waals surface area contributed by atoms with Crippen LogP contribution in [0.2, 0.25) is 0 Å². The van der Waals surface area contributed by atoms with Crippen molar-refractivity contribution in [3.8, 4) is 5.75 Å². The minimum atomic E-state index is 0.487. The Hall–Kier alpha value is -2.50. The molecule has 0 aliphatic carbocycles. The molecule has 0 saturated carbocycles. The van der Waals surface area contributed by atoms with E-state index in [0.29, 0.717) is 30.9 Å².